The molecular weight excluding hydrogens is 325 g/mol. The first kappa shape index (κ1) is 16.9. The Balaban J connectivity index is 1.56. The van der Waals surface area contributed by atoms with Crippen LogP contribution in [0.5, 0.6) is 0 Å². The van der Waals surface area contributed by atoms with Crippen molar-refractivity contribution >= 4 is 17.3 Å². The molecule has 2 aromatic carbocycles. The molecule has 130 valence electrons. The quantitative estimate of drug-likeness (QED) is 0.632. The summed E-state index contributed by atoms with van der Waals surface area (Å²) in [6.45, 7) is 2.47. The van der Waals surface area contributed by atoms with Crippen molar-refractivity contribution in [3.05, 3.63) is 70.0 Å². The lowest BCUT2D eigenvalue weighted by atomic mass is 10.1. The number of hydrogen-bond acceptors (Lipinski definition) is 4. The van der Waals surface area contributed by atoms with Crippen LogP contribution < -0.4 is 4.90 Å². The Hall–Kier alpha value is -2.96. The van der Waals surface area contributed by atoms with Crippen LogP contribution in [-0.2, 0) is 11.2 Å². The minimum atomic E-state index is -0.424. The molecule has 6 nitrogen and oxygen atoms in total. The number of piperazine rings is 1. The van der Waals surface area contributed by atoms with Crippen molar-refractivity contribution in [2.75, 3.05) is 31.1 Å². The molecule has 2 aromatic rings. The van der Waals surface area contributed by atoms with E-state index in [4.69, 9.17) is 0 Å². The lowest BCUT2D eigenvalue weighted by Gasteiger charge is -2.36. The number of carbonyl (C=O) groups is 1. The Bertz CT molecular complexity index is 771. The number of rotatable bonds is 4. The van der Waals surface area contributed by atoms with E-state index in [1.165, 1.54) is 24.3 Å². The Morgan fingerprint density at radius 2 is 1.76 bits per heavy atom. The molecule has 25 heavy (non-hydrogen) atoms. The number of nitrogens with zero attached hydrogens (tertiary/aromatic N) is 3. The summed E-state index contributed by atoms with van der Waals surface area (Å²) in [6, 6.07) is 12.5. The first-order valence-corrected chi connectivity index (χ1v) is 8.04. The van der Waals surface area contributed by atoms with Crippen LogP contribution in [0.2, 0.25) is 0 Å². The molecule has 1 amide bonds. The second kappa shape index (κ2) is 7.29. The van der Waals surface area contributed by atoms with E-state index >= 15 is 0 Å². The zero-order valence-corrected chi connectivity index (χ0v) is 13.6. The lowest BCUT2D eigenvalue weighted by Crippen LogP contribution is -2.49. The monoisotopic (exact) mass is 343 g/mol. The summed E-state index contributed by atoms with van der Waals surface area (Å²) in [7, 11) is 0. The number of nitro benzene ring substituents is 1. The van der Waals surface area contributed by atoms with Gasteiger partial charge in [-0.05, 0) is 29.8 Å². The highest BCUT2D eigenvalue weighted by Gasteiger charge is 2.21. The van der Waals surface area contributed by atoms with Crippen LogP contribution in [-0.4, -0.2) is 41.9 Å². The third-order valence-electron chi connectivity index (χ3n) is 4.30. The summed E-state index contributed by atoms with van der Waals surface area (Å²) in [4.78, 5) is 26.5. The Labute approximate surface area is 144 Å². The summed E-state index contributed by atoms with van der Waals surface area (Å²) in [5.74, 6) is -0.359. The van der Waals surface area contributed by atoms with Crippen molar-refractivity contribution in [1.29, 1.82) is 0 Å². The van der Waals surface area contributed by atoms with Crippen molar-refractivity contribution in [2.24, 2.45) is 0 Å². The van der Waals surface area contributed by atoms with E-state index < -0.39 is 4.92 Å². The van der Waals surface area contributed by atoms with Gasteiger partial charge < -0.3 is 9.80 Å². The van der Waals surface area contributed by atoms with Gasteiger partial charge in [-0.2, -0.15) is 0 Å². The van der Waals surface area contributed by atoms with Gasteiger partial charge in [-0.15, -0.1) is 0 Å². The van der Waals surface area contributed by atoms with Crippen LogP contribution in [0, 0.1) is 15.9 Å². The molecule has 7 heteroatoms. The first-order valence-electron chi connectivity index (χ1n) is 8.04. The Kier molecular flexibility index (Phi) is 4.92. The summed E-state index contributed by atoms with van der Waals surface area (Å²) in [5.41, 5.74) is 1.64. The maximum absolute atomic E-state index is 13.2. The summed E-state index contributed by atoms with van der Waals surface area (Å²) in [5, 5.41) is 10.7. The molecule has 0 saturated carbocycles. The molecule has 0 radical (unpaired) electrons. The number of benzene rings is 2. The van der Waals surface area contributed by atoms with E-state index in [0.717, 1.165) is 5.69 Å². The average Bonchev–Trinajstić information content (AvgIpc) is 2.62. The number of amides is 1. The van der Waals surface area contributed by atoms with Gasteiger partial charge in [-0.25, -0.2) is 4.39 Å². The van der Waals surface area contributed by atoms with Crippen molar-refractivity contribution < 1.29 is 14.1 Å². The number of non-ortho nitro benzene ring substituents is 1. The van der Waals surface area contributed by atoms with Crippen LogP contribution in [0.4, 0.5) is 15.8 Å². The van der Waals surface area contributed by atoms with E-state index in [1.807, 2.05) is 0 Å². The fourth-order valence-corrected chi connectivity index (χ4v) is 2.93. The highest BCUT2D eigenvalue weighted by molar-refractivity contribution is 5.79. The lowest BCUT2D eigenvalue weighted by molar-refractivity contribution is -0.384. The zero-order valence-electron chi connectivity index (χ0n) is 13.6. The zero-order chi connectivity index (χ0) is 17.8. The highest BCUT2D eigenvalue weighted by Crippen LogP contribution is 2.21. The minimum Gasteiger partial charge on any atom is -0.368 e. The molecule has 0 N–H and O–H groups in total. The highest BCUT2D eigenvalue weighted by atomic mass is 19.1. The van der Waals surface area contributed by atoms with E-state index in [-0.39, 0.29) is 23.8 Å². The van der Waals surface area contributed by atoms with Gasteiger partial charge in [0.2, 0.25) is 5.91 Å². The summed E-state index contributed by atoms with van der Waals surface area (Å²) >= 11 is 0. The number of halogens is 1. The van der Waals surface area contributed by atoms with Gasteiger partial charge in [0.25, 0.3) is 5.69 Å². The van der Waals surface area contributed by atoms with Gasteiger partial charge in [0.15, 0.2) is 0 Å². The topological polar surface area (TPSA) is 66.7 Å². The normalized spacial score (nSPS) is 14.4. The maximum Gasteiger partial charge on any atom is 0.269 e. The average molecular weight is 343 g/mol. The van der Waals surface area contributed by atoms with Gasteiger partial charge in [0.05, 0.1) is 11.3 Å². The number of nitro groups is 1. The molecule has 0 aromatic heterocycles. The van der Waals surface area contributed by atoms with Crippen molar-refractivity contribution in [1.82, 2.24) is 4.90 Å². The summed E-state index contributed by atoms with van der Waals surface area (Å²) < 4.78 is 13.2. The molecule has 1 fully saturated rings. The Morgan fingerprint density at radius 1 is 1.08 bits per heavy atom. The molecule has 3 rings (SSSR count). The molecule has 0 aliphatic carbocycles. The third kappa shape index (κ3) is 4.12. The maximum atomic E-state index is 13.2. The minimum absolute atomic E-state index is 0.0195. The molecule has 1 aliphatic rings. The molecule has 0 bridgehead atoms. The molecule has 1 aliphatic heterocycles. The second-order valence-electron chi connectivity index (χ2n) is 5.95. The predicted molar refractivity (Wildman–Crippen MR) is 92.0 cm³/mol. The van der Waals surface area contributed by atoms with Crippen molar-refractivity contribution in [2.45, 2.75) is 6.42 Å². The van der Waals surface area contributed by atoms with Crippen LogP contribution in [0.1, 0.15) is 5.56 Å². The fraction of sp³-hybridized carbons (Fsp3) is 0.278. The smallest absolute Gasteiger partial charge is 0.269 e. The largest absolute Gasteiger partial charge is 0.368 e. The second-order valence-corrected chi connectivity index (χ2v) is 5.95. The van der Waals surface area contributed by atoms with Crippen molar-refractivity contribution in [3.8, 4) is 0 Å². The predicted octanol–water partition coefficient (Wildman–Crippen LogP) is 2.63. The van der Waals surface area contributed by atoms with Gasteiger partial charge in [-0.1, -0.05) is 12.1 Å². The molecule has 1 saturated heterocycles. The van der Waals surface area contributed by atoms with E-state index in [9.17, 15) is 19.3 Å². The standard InChI is InChI=1S/C18H18FN3O3/c19-15-3-1-2-14(12-15)13-18(23)21-10-8-20(9-11-21)16-4-6-17(7-5-16)22(24)25/h1-7,12H,8-11,13H2. The fourth-order valence-electron chi connectivity index (χ4n) is 2.93. The third-order valence-corrected chi connectivity index (χ3v) is 4.30. The summed E-state index contributed by atoms with van der Waals surface area (Å²) in [6.07, 6.45) is 0.190. The van der Waals surface area contributed by atoms with Crippen LogP contribution in [0.15, 0.2) is 48.5 Å². The number of hydrogen-bond donors (Lipinski definition) is 0. The Morgan fingerprint density at radius 3 is 2.36 bits per heavy atom. The SMILES string of the molecule is O=C(Cc1cccc(F)c1)N1CCN(c2ccc([N+](=O)[O-])cc2)CC1. The number of anilines is 1. The molecular formula is C18H18FN3O3. The van der Waals surface area contributed by atoms with E-state index in [0.29, 0.717) is 31.7 Å². The first-order chi connectivity index (χ1) is 12.0. The molecule has 0 atom stereocenters. The van der Waals surface area contributed by atoms with Crippen LogP contribution >= 0.6 is 0 Å². The number of carbonyl (C=O) groups excluding carboxylic acids is 1. The van der Waals surface area contributed by atoms with E-state index in [1.54, 1.807) is 29.2 Å². The molecule has 1 heterocycles. The van der Waals surface area contributed by atoms with Crippen LogP contribution in [0.25, 0.3) is 0 Å². The van der Waals surface area contributed by atoms with Gasteiger partial charge in [-0.3, -0.25) is 14.9 Å². The van der Waals surface area contributed by atoms with E-state index in [2.05, 4.69) is 4.90 Å². The molecule has 0 unspecified atom stereocenters. The van der Waals surface area contributed by atoms with Crippen molar-refractivity contribution in [3.63, 3.8) is 0 Å². The van der Waals surface area contributed by atoms with Crippen LogP contribution in [0.3, 0.4) is 0 Å². The van der Waals surface area contributed by atoms with Gasteiger partial charge in [0.1, 0.15) is 5.82 Å². The van der Waals surface area contributed by atoms with Gasteiger partial charge in [0, 0.05) is 44.0 Å². The van der Waals surface area contributed by atoms with Gasteiger partial charge >= 0.3 is 0 Å². The molecule has 0 spiro atoms.